The highest BCUT2D eigenvalue weighted by molar-refractivity contribution is 6.18. The molecule has 1 atom stereocenters. The number of halogens is 1. The van der Waals surface area contributed by atoms with Gasteiger partial charge in [-0.2, -0.15) is 0 Å². The van der Waals surface area contributed by atoms with Gasteiger partial charge in [0.1, 0.15) is 11.8 Å². The van der Waals surface area contributed by atoms with Crippen LogP contribution in [0.3, 0.4) is 0 Å². The van der Waals surface area contributed by atoms with E-state index in [9.17, 15) is 0 Å². The van der Waals surface area contributed by atoms with E-state index in [1.807, 2.05) is 18.2 Å². The fraction of sp³-hybridized carbons (Fsp3) is 0.333. The molecule has 0 fully saturated rings. The van der Waals surface area contributed by atoms with E-state index in [2.05, 4.69) is 10.1 Å². The smallest absolute Gasteiger partial charge is 0.146 e. The third-order valence-electron chi connectivity index (χ3n) is 1.87. The Balaban J connectivity index is 2.12. The third kappa shape index (κ3) is 1.80. The number of hydrogen-bond donors (Lipinski definition) is 0. The molecule has 0 amide bonds. The third-order valence-corrected chi connectivity index (χ3v) is 2.21. The highest BCUT2D eigenvalue weighted by atomic mass is 35.5. The molecule has 1 aliphatic rings. The second-order valence-corrected chi connectivity index (χ2v) is 3.15. The van der Waals surface area contributed by atoms with Gasteiger partial charge in [0.15, 0.2) is 0 Å². The highest BCUT2D eigenvalue weighted by Gasteiger charge is 2.21. The highest BCUT2D eigenvalue weighted by Crippen LogP contribution is 2.15. The number of aromatic nitrogens is 1. The van der Waals surface area contributed by atoms with E-state index in [4.69, 9.17) is 16.4 Å². The zero-order chi connectivity index (χ0) is 9.10. The van der Waals surface area contributed by atoms with E-state index in [1.165, 1.54) is 0 Å². The van der Waals surface area contributed by atoms with E-state index in [-0.39, 0.29) is 6.10 Å². The SMILES string of the molecule is ClCC1CC(c2ccccn2)=NO1. The van der Waals surface area contributed by atoms with Crippen LogP contribution in [0.4, 0.5) is 0 Å². The minimum Gasteiger partial charge on any atom is -0.391 e. The molecule has 0 saturated heterocycles. The molecule has 0 spiro atoms. The zero-order valence-corrected chi connectivity index (χ0v) is 7.74. The molecule has 4 heteroatoms. The standard InChI is InChI=1S/C9H9ClN2O/c10-6-7-5-9(12-13-7)8-3-1-2-4-11-8/h1-4,7H,5-6H2. The summed E-state index contributed by atoms with van der Waals surface area (Å²) < 4.78 is 0. The Morgan fingerprint density at radius 3 is 3.08 bits per heavy atom. The van der Waals surface area contributed by atoms with Crippen molar-refractivity contribution in [2.75, 3.05) is 5.88 Å². The average Bonchev–Trinajstić information content (AvgIpc) is 2.67. The van der Waals surface area contributed by atoms with Crippen LogP contribution in [0.1, 0.15) is 12.1 Å². The Morgan fingerprint density at radius 1 is 1.54 bits per heavy atom. The van der Waals surface area contributed by atoms with Crippen molar-refractivity contribution < 1.29 is 4.84 Å². The summed E-state index contributed by atoms with van der Waals surface area (Å²) in [7, 11) is 0. The molecule has 2 rings (SSSR count). The first-order valence-corrected chi connectivity index (χ1v) is 4.63. The van der Waals surface area contributed by atoms with Gasteiger partial charge in [-0.15, -0.1) is 11.6 Å². The molecule has 1 aliphatic heterocycles. The predicted octanol–water partition coefficient (Wildman–Crippen LogP) is 1.81. The molecule has 1 aromatic heterocycles. The van der Waals surface area contributed by atoms with Gasteiger partial charge in [-0.25, -0.2) is 0 Å². The number of hydrogen-bond acceptors (Lipinski definition) is 3. The van der Waals surface area contributed by atoms with E-state index in [1.54, 1.807) is 6.20 Å². The lowest BCUT2D eigenvalue weighted by Gasteiger charge is -2.00. The molecule has 0 aromatic carbocycles. The Hall–Kier alpha value is -1.09. The van der Waals surface area contributed by atoms with Crippen LogP contribution in [0, 0.1) is 0 Å². The van der Waals surface area contributed by atoms with Crippen molar-refractivity contribution >= 4 is 17.3 Å². The van der Waals surface area contributed by atoms with Crippen molar-refractivity contribution in [3.63, 3.8) is 0 Å². The summed E-state index contributed by atoms with van der Waals surface area (Å²) in [4.78, 5) is 9.26. The molecule has 0 saturated carbocycles. The molecule has 3 nitrogen and oxygen atoms in total. The summed E-state index contributed by atoms with van der Waals surface area (Å²) in [6, 6.07) is 5.72. The first kappa shape index (κ1) is 8.51. The monoisotopic (exact) mass is 196 g/mol. The van der Waals surface area contributed by atoms with E-state index in [0.29, 0.717) is 5.88 Å². The molecule has 0 radical (unpaired) electrons. The molecule has 68 valence electrons. The minimum atomic E-state index is 0.0127. The zero-order valence-electron chi connectivity index (χ0n) is 6.98. The molecule has 2 heterocycles. The molecular weight excluding hydrogens is 188 g/mol. The summed E-state index contributed by atoms with van der Waals surface area (Å²) in [5, 5.41) is 3.93. The van der Waals surface area contributed by atoms with Gasteiger partial charge in [0, 0.05) is 12.6 Å². The largest absolute Gasteiger partial charge is 0.391 e. The van der Waals surface area contributed by atoms with Crippen molar-refractivity contribution in [1.29, 1.82) is 0 Å². The lowest BCUT2D eigenvalue weighted by Crippen LogP contribution is -2.10. The molecule has 0 aliphatic carbocycles. The van der Waals surface area contributed by atoms with E-state index in [0.717, 1.165) is 17.8 Å². The topological polar surface area (TPSA) is 34.5 Å². The summed E-state index contributed by atoms with van der Waals surface area (Å²) in [6.07, 6.45) is 2.51. The maximum Gasteiger partial charge on any atom is 0.146 e. The summed E-state index contributed by atoms with van der Waals surface area (Å²) in [5.41, 5.74) is 1.75. The van der Waals surface area contributed by atoms with Crippen LogP contribution in [0.2, 0.25) is 0 Å². The van der Waals surface area contributed by atoms with Crippen molar-refractivity contribution in [2.45, 2.75) is 12.5 Å². The second kappa shape index (κ2) is 3.75. The van der Waals surface area contributed by atoms with Crippen LogP contribution in [0.25, 0.3) is 0 Å². The number of alkyl halides is 1. The van der Waals surface area contributed by atoms with Crippen LogP contribution >= 0.6 is 11.6 Å². The normalized spacial score (nSPS) is 21.0. The molecule has 1 aromatic rings. The van der Waals surface area contributed by atoms with Gasteiger partial charge in [-0.3, -0.25) is 4.98 Å². The summed E-state index contributed by atoms with van der Waals surface area (Å²) >= 11 is 5.64. The van der Waals surface area contributed by atoms with Crippen LogP contribution in [-0.4, -0.2) is 22.7 Å². The lowest BCUT2D eigenvalue weighted by molar-refractivity contribution is 0.102. The van der Waals surface area contributed by atoms with Crippen LogP contribution < -0.4 is 0 Å². The van der Waals surface area contributed by atoms with E-state index < -0.39 is 0 Å². The van der Waals surface area contributed by atoms with Gasteiger partial charge >= 0.3 is 0 Å². The first-order valence-electron chi connectivity index (χ1n) is 4.10. The second-order valence-electron chi connectivity index (χ2n) is 2.84. The molecule has 0 N–H and O–H groups in total. The molecule has 13 heavy (non-hydrogen) atoms. The van der Waals surface area contributed by atoms with Crippen molar-refractivity contribution in [2.24, 2.45) is 5.16 Å². The fourth-order valence-corrected chi connectivity index (χ4v) is 1.36. The summed E-state index contributed by atoms with van der Waals surface area (Å²) in [5.74, 6) is 0.472. The van der Waals surface area contributed by atoms with Gasteiger partial charge in [0.25, 0.3) is 0 Å². The maximum absolute atomic E-state index is 5.64. The number of rotatable bonds is 2. The molecular formula is C9H9ClN2O. The molecule has 0 bridgehead atoms. The quantitative estimate of drug-likeness (QED) is 0.677. The van der Waals surface area contributed by atoms with Gasteiger partial charge in [0.2, 0.25) is 0 Å². The molecule has 1 unspecified atom stereocenters. The Bertz CT molecular complexity index is 313. The Kier molecular flexibility index (Phi) is 2.45. The number of oxime groups is 1. The van der Waals surface area contributed by atoms with Crippen molar-refractivity contribution in [3.05, 3.63) is 30.1 Å². The van der Waals surface area contributed by atoms with Gasteiger partial charge < -0.3 is 4.84 Å². The van der Waals surface area contributed by atoms with Crippen LogP contribution in [0.15, 0.2) is 29.6 Å². The van der Waals surface area contributed by atoms with Gasteiger partial charge in [0.05, 0.1) is 11.6 Å². The number of nitrogens with zero attached hydrogens (tertiary/aromatic N) is 2. The first-order chi connectivity index (χ1) is 6.40. The summed E-state index contributed by atoms with van der Waals surface area (Å²) in [6.45, 7) is 0. The van der Waals surface area contributed by atoms with Gasteiger partial charge in [-0.05, 0) is 12.1 Å². The van der Waals surface area contributed by atoms with Gasteiger partial charge in [-0.1, -0.05) is 11.2 Å². The van der Waals surface area contributed by atoms with Crippen molar-refractivity contribution in [3.8, 4) is 0 Å². The maximum atomic E-state index is 5.64. The lowest BCUT2D eigenvalue weighted by atomic mass is 10.1. The van der Waals surface area contributed by atoms with Crippen LogP contribution in [-0.2, 0) is 4.84 Å². The average molecular weight is 197 g/mol. The number of pyridine rings is 1. The predicted molar refractivity (Wildman–Crippen MR) is 51.0 cm³/mol. The minimum absolute atomic E-state index is 0.0127. The Labute approximate surface area is 81.4 Å². The van der Waals surface area contributed by atoms with Crippen molar-refractivity contribution in [1.82, 2.24) is 4.98 Å². The van der Waals surface area contributed by atoms with E-state index >= 15 is 0 Å². The Morgan fingerprint density at radius 2 is 2.46 bits per heavy atom. The fourth-order valence-electron chi connectivity index (χ4n) is 1.20. The van der Waals surface area contributed by atoms with Crippen LogP contribution in [0.5, 0.6) is 0 Å².